The van der Waals surface area contributed by atoms with E-state index in [9.17, 15) is 0 Å². The maximum absolute atomic E-state index is 8.30. The Bertz CT molecular complexity index is 49.7. The van der Waals surface area contributed by atoms with Gasteiger partial charge in [0.2, 0.25) is 0 Å². The lowest BCUT2D eigenvalue weighted by Gasteiger charge is -2.04. The van der Waals surface area contributed by atoms with Crippen molar-refractivity contribution < 1.29 is 9.84 Å². The third-order valence-electron chi connectivity index (χ3n) is 0.646. The van der Waals surface area contributed by atoms with Crippen LogP contribution in [0.2, 0.25) is 0 Å². The number of halogens is 1. The highest BCUT2D eigenvalue weighted by Gasteiger charge is 1.97. The molecule has 0 aliphatic rings. The van der Waals surface area contributed by atoms with Crippen LogP contribution in [0.25, 0.3) is 0 Å². The first kappa shape index (κ1) is 8.21. The van der Waals surface area contributed by atoms with Gasteiger partial charge in [-0.15, -0.1) is 0 Å². The number of aliphatic hydroxyl groups is 1. The van der Waals surface area contributed by atoms with Crippen molar-refractivity contribution in [1.29, 1.82) is 0 Å². The molecule has 0 saturated heterocycles. The summed E-state index contributed by atoms with van der Waals surface area (Å²) in [7, 11) is 0. The average Bonchev–Trinajstić information content (AvgIpc) is 1.83. The summed E-state index contributed by atoms with van der Waals surface area (Å²) in [6, 6.07) is 0. The van der Waals surface area contributed by atoms with E-state index in [2.05, 4.69) is 0 Å². The molecular weight excluding hydrogens is 128 g/mol. The normalized spacial score (nSPS) is 13.9. The van der Waals surface area contributed by atoms with Crippen molar-refractivity contribution in [2.24, 2.45) is 0 Å². The van der Waals surface area contributed by atoms with Gasteiger partial charge in [-0.1, -0.05) is 18.5 Å². The predicted octanol–water partition coefficient (Wildman–Crippen LogP) is 0.970. The van der Waals surface area contributed by atoms with Crippen molar-refractivity contribution >= 4 is 11.6 Å². The zero-order valence-electron chi connectivity index (χ0n) is 4.93. The van der Waals surface area contributed by atoms with Crippen LogP contribution in [0, 0.1) is 0 Å². The van der Waals surface area contributed by atoms with E-state index in [0.717, 1.165) is 6.42 Å². The summed E-state index contributed by atoms with van der Waals surface area (Å²) in [6.07, 6.45) is 0.934. The van der Waals surface area contributed by atoms with Crippen LogP contribution in [0.3, 0.4) is 0 Å². The van der Waals surface area contributed by atoms with E-state index in [0.29, 0.717) is 6.61 Å². The van der Waals surface area contributed by atoms with Gasteiger partial charge in [0.25, 0.3) is 0 Å². The standard InChI is InChI=1S/C5H11ClO2/c1-2-3-8-5(6)4-7/h5,7H,2-4H2,1H3. The quantitative estimate of drug-likeness (QED) is 0.587. The second-order valence-electron chi connectivity index (χ2n) is 1.46. The van der Waals surface area contributed by atoms with E-state index < -0.39 is 5.56 Å². The van der Waals surface area contributed by atoms with Gasteiger partial charge < -0.3 is 9.84 Å². The molecule has 0 aromatic heterocycles. The Morgan fingerprint density at radius 2 is 2.38 bits per heavy atom. The molecule has 0 heterocycles. The van der Waals surface area contributed by atoms with Crippen LogP contribution in [0.15, 0.2) is 0 Å². The molecule has 1 atom stereocenters. The second-order valence-corrected chi connectivity index (χ2v) is 1.95. The maximum atomic E-state index is 8.30. The summed E-state index contributed by atoms with van der Waals surface area (Å²) in [5.74, 6) is 0. The van der Waals surface area contributed by atoms with E-state index in [-0.39, 0.29) is 6.61 Å². The fourth-order valence-electron chi connectivity index (χ4n) is 0.298. The lowest BCUT2D eigenvalue weighted by molar-refractivity contribution is 0.0643. The third kappa shape index (κ3) is 4.37. The van der Waals surface area contributed by atoms with Crippen molar-refractivity contribution in [2.45, 2.75) is 18.9 Å². The number of aliphatic hydroxyl groups excluding tert-OH is 1. The van der Waals surface area contributed by atoms with E-state index in [4.69, 9.17) is 21.4 Å². The first-order valence-corrected chi connectivity index (χ1v) is 3.11. The van der Waals surface area contributed by atoms with Gasteiger partial charge in [-0.05, 0) is 6.42 Å². The number of rotatable bonds is 4. The number of alkyl halides is 1. The predicted molar refractivity (Wildman–Crippen MR) is 33.0 cm³/mol. The highest BCUT2D eigenvalue weighted by molar-refractivity contribution is 6.19. The molecule has 2 nitrogen and oxygen atoms in total. The van der Waals surface area contributed by atoms with Crippen molar-refractivity contribution in [3.8, 4) is 0 Å². The highest BCUT2D eigenvalue weighted by atomic mass is 35.5. The molecule has 0 aromatic carbocycles. The second kappa shape index (κ2) is 5.35. The smallest absolute Gasteiger partial charge is 0.154 e. The van der Waals surface area contributed by atoms with E-state index in [1.807, 2.05) is 6.92 Å². The molecule has 0 aliphatic carbocycles. The number of ether oxygens (including phenoxy) is 1. The van der Waals surface area contributed by atoms with E-state index >= 15 is 0 Å². The summed E-state index contributed by atoms with van der Waals surface area (Å²) in [5.41, 5.74) is -0.519. The van der Waals surface area contributed by atoms with Crippen LogP contribution < -0.4 is 0 Å². The minimum absolute atomic E-state index is 0.110. The molecular formula is C5H11ClO2. The van der Waals surface area contributed by atoms with Gasteiger partial charge in [0.1, 0.15) is 0 Å². The first-order chi connectivity index (χ1) is 3.81. The van der Waals surface area contributed by atoms with Crippen molar-refractivity contribution in [2.75, 3.05) is 13.2 Å². The molecule has 1 unspecified atom stereocenters. The lowest BCUT2D eigenvalue weighted by Crippen LogP contribution is -2.09. The maximum Gasteiger partial charge on any atom is 0.154 e. The summed E-state index contributed by atoms with van der Waals surface area (Å²) < 4.78 is 4.86. The lowest BCUT2D eigenvalue weighted by atomic mass is 10.5. The Morgan fingerprint density at radius 1 is 1.75 bits per heavy atom. The minimum Gasteiger partial charge on any atom is -0.392 e. The molecule has 0 amide bonds. The summed E-state index contributed by atoms with van der Waals surface area (Å²) in [5, 5.41) is 8.30. The number of hydrogen-bond acceptors (Lipinski definition) is 2. The zero-order valence-corrected chi connectivity index (χ0v) is 5.69. The molecule has 1 N–H and O–H groups in total. The topological polar surface area (TPSA) is 29.5 Å². The Labute approximate surface area is 54.4 Å². The minimum atomic E-state index is -0.519. The van der Waals surface area contributed by atoms with Crippen LogP contribution in [0.1, 0.15) is 13.3 Å². The summed E-state index contributed by atoms with van der Waals surface area (Å²) in [4.78, 5) is 0. The first-order valence-electron chi connectivity index (χ1n) is 2.67. The van der Waals surface area contributed by atoms with Gasteiger partial charge in [-0.3, -0.25) is 0 Å². The summed E-state index contributed by atoms with van der Waals surface area (Å²) in [6.45, 7) is 2.50. The molecule has 0 fully saturated rings. The van der Waals surface area contributed by atoms with Gasteiger partial charge in [-0.25, -0.2) is 0 Å². The van der Waals surface area contributed by atoms with Gasteiger partial charge in [0.15, 0.2) is 5.56 Å². The van der Waals surface area contributed by atoms with Crippen LogP contribution in [-0.2, 0) is 4.74 Å². The zero-order chi connectivity index (χ0) is 6.41. The Hall–Kier alpha value is 0.210. The molecule has 0 radical (unpaired) electrons. The monoisotopic (exact) mass is 138 g/mol. The van der Waals surface area contributed by atoms with Crippen LogP contribution >= 0.6 is 11.6 Å². The molecule has 0 saturated carbocycles. The fourth-order valence-corrected chi connectivity index (χ4v) is 0.388. The van der Waals surface area contributed by atoms with Crippen LogP contribution in [0.5, 0.6) is 0 Å². The molecule has 0 bridgehead atoms. The van der Waals surface area contributed by atoms with Crippen LogP contribution in [0.4, 0.5) is 0 Å². The molecule has 0 aromatic rings. The van der Waals surface area contributed by atoms with Gasteiger partial charge in [0, 0.05) is 6.61 Å². The van der Waals surface area contributed by atoms with Crippen molar-refractivity contribution in [3.63, 3.8) is 0 Å². The molecule has 0 rings (SSSR count). The Morgan fingerprint density at radius 3 is 2.75 bits per heavy atom. The van der Waals surface area contributed by atoms with Crippen molar-refractivity contribution in [3.05, 3.63) is 0 Å². The Kier molecular flexibility index (Phi) is 5.49. The third-order valence-corrected chi connectivity index (χ3v) is 0.910. The largest absolute Gasteiger partial charge is 0.392 e. The molecule has 0 spiro atoms. The van der Waals surface area contributed by atoms with Gasteiger partial charge in [0.05, 0.1) is 6.61 Å². The Balaban J connectivity index is 2.86. The SMILES string of the molecule is CCCOC(Cl)CO. The van der Waals surface area contributed by atoms with E-state index in [1.165, 1.54) is 0 Å². The molecule has 50 valence electrons. The highest BCUT2D eigenvalue weighted by Crippen LogP contribution is 1.96. The number of hydrogen-bond donors (Lipinski definition) is 1. The van der Waals surface area contributed by atoms with Gasteiger partial charge in [-0.2, -0.15) is 0 Å². The van der Waals surface area contributed by atoms with Gasteiger partial charge >= 0.3 is 0 Å². The van der Waals surface area contributed by atoms with E-state index in [1.54, 1.807) is 0 Å². The van der Waals surface area contributed by atoms with Crippen LogP contribution in [-0.4, -0.2) is 23.9 Å². The molecule has 8 heavy (non-hydrogen) atoms. The molecule has 3 heteroatoms. The fraction of sp³-hybridized carbons (Fsp3) is 1.00. The summed E-state index contributed by atoms with van der Waals surface area (Å²) >= 11 is 5.37. The van der Waals surface area contributed by atoms with Crippen molar-refractivity contribution in [1.82, 2.24) is 0 Å². The molecule has 0 aliphatic heterocycles. The average molecular weight is 139 g/mol.